The number of sulfonamides is 1. The summed E-state index contributed by atoms with van der Waals surface area (Å²) in [7, 11) is -3.58. The van der Waals surface area contributed by atoms with Gasteiger partial charge in [-0.25, -0.2) is 8.42 Å². The lowest BCUT2D eigenvalue weighted by molar-refractivity contribution is 0.424. The SMILES string of the molecule is Nc1c(Cl)cncc1S(=O)(=O)N1CCCCCC1. The van der Waals surface area contributed by atoms with Gasteiger partial charge in [-0.1, -0.05) is 24.4 Å². The summed E-state index contributed by atoms with van der Waals surface area (Å²) >= 11 is 5.82. The molecule has 1 aliphatic heterocycles. The fourth-order valence-electron chi connectivity index (χ4n) is 2.05. The molecule has 0 amide bonds. The number of hydrogen-bond donors (Lipinski definition) is 1. The number of pyridine rings is 1. The van der Waals surface area contributed by atoms with Crippen LogP contribution >= 0.6 is 11.6 Å². The Morgan fingerprint density at radius 2 is 1.78 bits per heavy atom. The predicted octanol–water partition coefficient (Wildman–Crippen LogP) is 1.88. The summed E-state index contributed by atoms with van der Waals surface area (Å²) in [6.45, 7) is 1.07. The van der Waals surface area contributed by atoms with Gasteiger partial charge < -0.3 is 5.73 Å². The second kappa shape index (κ2) is 5.42. The maximum Gasteiger partial charge on any atom is 0.246 e. The van der Waals surface area contributed by atoms with Crippen LogP contribution in [0.5, 0.6) is 0 Å². The zero-order valence-electron chi connectivity index (χ0n) is 9.97. The second-order valence-electron chi connectivity index (χ2n) is 4.35. The van der Waals surface area contributed by atoms with Crippen LogP contribution in [0.2, 0.25) is 5.02 Å². The number of nitrogens with two attached hydrogens (primary N) is 1. The topological polar surface area (TPSA) is 76.3 Å². The van der Waals surface area contributed by atoms with Crippen LogP contribution in [-0.4, -0.2) is 30.8 Å². The smallest absolute Gasteiger partial charge is 0.246 e. The number of hydrogen-bond acceptors (Lipinski definition) is 4. The standard InChI is InChI=1S/C11H16ClN3O2S/c12-9-7-14-8-10(11(9)13)18(16,17)15-5-3-1-2-4-6-15/h7-8H,1-6H2,(H2,13,14). The fourth-order valence-corrected chi connectivity index (χ4v) is 3.87. The summed E-state index contributed by atoms with van der Waals surface area (Å²) in [5.74, 6) is 0. The summed E-state index contributed by atoms with van der Waals surface area (Å²) in [5, 5.41) is 0.172. The lowest BCUT2D eigenvalue weighted by Crippen LogP contribution is -2.32. The van der Waals surface area contributed by atoms with Crippen LogP contribution in [0.15, 0.2) is 17.3 Å². The van der Waals surface area contributed by atoms with Crippen molar-refractivity contribution in [3.63, 3.8) is 0 Å². The zero-order valence-corrected chi connectivity index (χ0v) is 11.5. The van der Waals surface area contributed by atoms with Gasteiger partial charge >= 0.3 is 0 Å². The van der Waals surface area contributed by atoms with Crippen molar-refractivity contribution in [2.75, 3.05) is 18.8 Å². The quantitative estimate of drug-likeness (QED) is 0.902. The van der Waals surface area contributed by atoms with Gasteiger partial charge in [0.15, 0.2) is 0 Å². The summed E-state index contributed by atoms with van der Waals surface area (Å²) in [6, 6.07) is 0. The van der Waals surface area contributed by atoms with Crippen molar-refractivity contribution in [3.05, 3.63) is 17.4 Å². The third kappa shape index (κ3) is 2.60. The van der Waals surface area contributed by atoms with E-state index in [1.165, 1.54) is 16.7 Å². The Morgan fingerprint density at radius 3 is 2.39 bits per heavy atom. The normalized spacial score (nSPS) is 18.5. The lowest BCUT2D eigenvalue weighted by atomic mass is 10.2. The first kappa shape index (κ1) is 13.6. The highest BCUT2D eigenvalue weighted by Gasteiger charge is 2.28. The van der Waals surface area contributed by atoms with Crippen molar-refractivity contribution >= 4 is 27.3 Å². The van der Waals surface area contributed by atoms with Gasteiger partial charge in [-0.15, -0.1) is 0 Å². The molecule has 0 saturated carbocycles. The molecule has 0 bridgehead atoms. The summed E-state index contributed by atoms with van der Waals surface area (Å²) < 4.78 is 26.4. The van der Waals surface area contributed by atoms with Crippen LogP contribution in [0.3, 0.4) is 0 Å². The van der Waals surface area contributed by atoms with Gasteiger partial charge in [0.05, 0.1) is 10.7 Å². The molecule has 1 aliphatic rings. The molecule has 0 radical (unpaired) electrons. The molecule has 0 atom stereocenters. The lowest BCUT2D eigenvalue weighted by Gasteiger charge is -2.20. The van der Waals surface area contributed by atoms with Crippen LogP contribution in [-0.2, 0) is 10.0 Å². The van der Waals surface area contributed by atoms with Gasteiger partial charge in [0, 0.05) is 25.5 Å². The molecule has 1 aromatic rings. The number of nitrogens with zero attached hydrogens (tertiary/aromatic N) is 2. The number of aromatic nitrogens is 1. The Labute approximate surface area is 112 Å². The molecule has 1 aromatic heterocycles. The van der Waals surface area contributed by atoms with Gasteiger partial charge in [0.2, 0.25) is 10.0 Å². The summed E-state index contributed by atoms with van der Waals surface area (Å²) in [5.41, 5.74) is 5.82. The molecule has 0 spiro atoms. The van der Waals surface area contributed by atoms with Crippen molar-refractivity contribution in [2.24, 2.45) is 0 Å². The minimum absolute atomic E-state index is 0.0110. The highest BCUT2D eigenvalue weighted by molar-refractivity contribution is 7.89. The first-order valence-corrected chi connectivity index (χ1v) is 7.74. The molecule has 7 heteroatoms. The summed E-state index contributed by atoms with van der Waals surface area (Å²) in [4.78, 5) is 3.82. The maximum absolute atomic E-state index is 12.5. The number of nitrogen functional groups attached to an aromatic ring is 1. The molecule has 2 N–H and O–H groups in total. The molecular formula is C11H16ClN3O2S. The van der Waals surface area contributed by atoms with Crippen LogP contribution in [0.25, 0.3) is 0 Å². The Balaban J connectivity index is 2.38. The second-order valence-corrected chi connectivity index (χ2v) is 6.66. The van der Waals surface area contributed by atoms with Gasteiger partial charge in [-0.3, -0.25) is 4.98 Å². The number of rotatable bonds is 2. The first-order valence-electron chi connectivity index (χ1n) is 5.92. The molecule has 1 saturated heterocycles. The third-order valence-corrected chi connectivity index (χ3v) is 5.31. The fraction of sp³-hybridized carbons (Fsp3) is 0.545. The van der Waals surface area contributed by atoms with E-state index in [0.717, 1.165) is 25.7 Å². The van der Waals surface area contributed by atoms with Gasteiger partial charge in [0.25, 0.3) is 0 Å². The molecule has 18 heavy (non-hydrogen) atoms. The van der Waals surface area contributed by atoms with Crippen LogP contribution in [0.1, 0.15) is 25.7 Å². The van der Waals surface area contributed by atoms with E-state index in [0.29, 0.717) is 13.1 Å². The van der Waals surface area contributed by atoms with Crippen molar-refractivity contribution in [2.45, 2.75) is 30.6 Å². The predicted molar refractivity (Wildman–Crippen MR) is 70.9 cm³/mol. The molecule has 1 fully saturated rings. The molecule has 2 rings (SSSR count). The maximum atomic E-state index is 12.5. The van der Waals surface area contributed by atoms with Crippen molar-refractivity contribution < 1.29 is 8.42 Å². The van der Waals surface area contributed by atoms with Crippen molar-refractivity contribution in [3.8, 4) is 0 Å². The van der Waals surface area contributed by atoms with E-state index >= 15 is 0 Å². The minimum Gasteiger partial charge on any atom is -0.396 e. The monoisotopic (exact) mass is 289 g/mol. The van der Waals surface area contributed by atoms with Gasteiger partial charge in [0.1, 0.15) is 4.90 Å². The van der Waals surface area contributed by atoms with Gasteiger partial charge in [-0.2, -0.15) is 4.31 Å². The van der Waals surface area contributed by atoms with Crippen LogP contribution < -0.4 is 5.73 Å². The van der Waals surface area contributed by atoms with Crippen LogP contribution in [0.4, 0.5) is 5.69 Å². The number of anilines is 1. The van der Waals surface area contributed by atoms with Crippen molar-refractivity contribution in [1.82, 2.24) is 9.29 Å². The Kier molecular flexibility index (Phi) is 4.09. The van der Waals surface area contributed by atoms with E-state index in [-0.39, 0.29) is 15.6 Å². The highest BCUT2D eigenvalue weighted by atomic mass is 35.5. The minimum atomic E-state index is -3.58. The van der Waals surface area contributed by atoms with E-state index in [1.54, 1.807) is 0 Å². The highest BCUT2D eigenvalue weighted by Crippen LogP contribution is 2.28. The van der Waals surface area contributed by atoms with Crippen LogP contribution in [0, 0.1) is 0 Å². The van der Waals surface area contributed by atoms with E-state index < -0.39 is 10.0 Å². The first-order chi connectivity index (χ1) is 8.53. The van der Waals surface area contributed by atoms with Crippen molar-refractivity contribution in [1.29, 1.82) is 0 Å². The molecule has 0 aromatic carbocycles. The molecule has 0 unspecified atom stereocenters. The molecule has 0 aliphatic carbocycles. The van der Waals surface area contributed by atoms with E-state index in [4.69, 9.17) is 17.3 Å². The molecule has 2 heterocycles. The number of halogens is 1. The summed E-state index contributed by atoms with van der Waals surface area (Å²) in [6.07, 6.45) is 6.50. The zero-order chi connectivity index (χ0) is 13.2. The Hall–Kier alpha value is -0.850. The van der Waals surface area contributed by atoms with E-state index in [9.17, 15) is 8.42 Å². The average Bonchev–Trinajstić information content (AvgIpc) is 2.61. The molecule has 100 valence electrons. The van der Waals surface area contributed by atoms with E-state index in [1.807, 2.05) is 0 Å². The average molecular weight is 290 g/mol. The molecular weight excluding hydrogens is 274 g/mol. The Bertz CT molecular complexity index is 525. The third-order valence-electron chi connectivity index (χ3n) is 3.09. The Morgan fingerprint density at radius 1 is 1.17 bits per heavy atom. The largest absolute Gasteiger partial charge is 0.396 e. The molecule has 5 nitrogen and oxygen atoms in total. The van der Waals surface area contributed by atoms with E-state index in [2.05, 4.69) is 4.98 Å². The van der Waals surface area contributed by atoms with Gasteiger partial charge in [-0.05, 0) is 12.8 Å².